The van der Waals surface area contributed by atoms with Gasteiger partial charge in [0.2, 0.25) is 5.91 Å². The molecular formula is C21H23Cl2NO3. The third-order valence-corrected chi connectivity index (χ3v) is 4.36. The minimum Gasteiger partial charge on any atom is -0.493 e. The summed E-state index contributed by atoms with van der Waals surface area (Å²) in [6.45, 7) is 2.81. The van der Waals surface area contributed by atoms with Crippen LogP contribution in [0.15, 0.2) is 42.5 Å². The largest absolute Gasteiger partial charge is 0.493 e. The van der Waals surface area contributed by atoms with Crippen molar-refractivity contribution >= 4 is 40.9 Å². The van der Waals surface area contributed by atoms with Crippen molar-refractivity contribution in [2.75, 3.05) is 19.0 Å². The maximum atomic E-state index is 12.1. The Kier molecular flexibility index (Phi) is 8.49. The third kappa shape index (κ3) is 6.81. The number of carbonyl (C=O) groups excluding carboxylic acids is 1. The minimum atomic E-state index is -0.293. The third-order valence-electron chi connectivity index (χ3n) is 3.81. The number of amides is 1. The van der Waals surface area contributed by atoms with Gasteiger partial charge in [0, 0.05) is 11.1 Å². The molecule has 2 rings (SSSR count). The van der Waals surface area contributed by atoms with Crippen LogP contribution in [0.3, 0.4) is 0 Å². The smallest absolute Gasteiger partial charge is 0.248 e. The second-order valence-electron chi connectivity index (χ2n) is 5.91. The molecule has 6 heteroatoms. The van der Waals surface area contributed by atoms with Crippen molar-refractivity contribution in [1.82, 2.24) is 0 Å². The maximum Gasteiger partial charge on any atom is 0.248 e. The first kappa shape index (κ1) is 21.1. The highest BCUT2D eigenvalue weighted by Gasteiger charge is 2.06. The number of hydrogen-bond donors (Lipinski definition) is 1. The van der Waals surface area contributed by atoms with Gasteiger partial charge >= 0.3 is 0 Å². The summed E-state index contributed by atoms with van der Waals surface area (Å²) in [5.74, 6) is 1.04. The van der Waals surface area contributed by atoms with Crippen LogP contribution in [0.5, 0.6) is 11.5 Å². The van der Waals surface area contributed by atoms with Crippen molar-refractivity contribution in [3.05, 3.63) is 58.1 Å². The van der Waals surface area contributed by atoms with Crippen molar-refractivity contribution in [3.63, 3.8) is 0 Å². The lowest BCUT2D eigenvalue weighted by molar-refractivity contribution is -0.111. The maximum absolute atomic E-state index is 12.1. The normalized spacial score (nSPS) is 10.8. The number of hydrogen-bond acceptors (Lipinski definition) is 3. The van der Waals surface area contributed by atoms with Crippen molar-refractivity contribution in [2.24, 2.45) is 0 Å². The Balaban J connectivity index is 1.99. The van der Waals surface area contributed by atoms with Crippen LogP contribution in [-0.2, 0) is 4.79 Å². The number of ether oxygens (including phenoxy) is 2. The van der Waals surface area contributed by atoms with Gasteiger partial charge in [0.25, 0.3) is 0 Å². The van der Waals surface area contributed by atoms with Gasteiger partial charge in [-0.2, -0.15) is 0 Å². The summed E-state index contributed by atoms with van der Waals surface area (Å²) in [4.78, 5) is 12.1. The summed E-state index contributed by atoms with van der Waals surface area (Å²) in [6.07, 6.45) is 6.42. The van der Waals surface area contributed by atoms with Crippen molar-refractivity contribution in [3.8, 4) is 11.5 Å². The average Bonchev–Trinajstić information content (AvgIpc) is 2.66. The van der Waals surface area contributed by atoms with Gasteiger partial charge in [-0.05, 0) is 48.4 Å². The van der Waals surface area contributed by atoms with Crippen molar-refractivity contribution in [1.29, 1.82) is 0 Å². The monoisotopic (exact) mass is 407 g/mol. The molecule has 0 radical (unpaired) electrons. The first-order chi connectivity index (χ1) is 13.0. The molecular weight excluding hydrogens is 385 g/mol. The summed E-state index contributed by atoms with van der Waals surface area (Å²) < 4.78 is 11.1. The first-order valence-electron chi connectivity index (χ1n) is 8.78. The van der Waals surface area contributed by atoms with E-state index in [-0.39, 0.29) is 5.91 Å². The molecule has 1 N–H and O–H groups in total. The van der Waals surface area contributed by atoms with Crippen LogP contribution in [0.4, 0.5) is 5.69 Å². The zero-order chi connectivity index (χ0) is 19.6. The molecule has 0 aliphatic carbocycles. The van der Waals surface area contributed by atoms with Gasteiger partial charge in [0.15, 0.2) is 11.5 Å². The molecule has 0 aromatic heterocycles. The second-order valence-corrected chi connectivity index (χ2v) is 6.76. The Hall–Kier alpha value is -2.17. The van der Waals surface area contributed by atoms with Crippen LogP contribution in [-0.4, -0.2) is 19.6 Å². The van der Waals surface area contributed by atoms with Crippen LogP contribution < -0.4 is 14.8 Å². The van der Waals surface area contributed by atoms with E-state index in [0.717, 1.165) is 24.8 Å². The molecule has 0 unspecified atom stereocenters. The minimum absolute atomic E-state index is 0.293. The van der Waals surface area contributed by atoms with Gasteiger partial charge in [-0.25, -0.2) is 0 Å². The Morgan fingerprint density at radius 2 is 1.93 bits per heavy atom. The van der Waals surface area contributed by atoms with Crippen LogP contribution in [0, 0.1) is 0 Å². The second kappa shape index (κ2) is 10.9. The molecule has 0 saturated heterocycles. The van der Waals surface area contributed by atoms with Crippen LogP contribution >= 0.6 is 23.2 Å². The highest BCUT2D eigenvalue weighted by Crippen LogP contribution is 2.29. The molecule has 0 saturated carbocycles. The molecule has 4 nitrogen and oxygen atoms in total. The van der Waals surface area contributed by atoms with Gasteiger partial charge in [-0.15, -0.1) is 0 Å². The Morgan fingerprint density at radius 3 is 2.63 bits per heavy atom. The van der Waals surface area contributed by atoms with Gasteiger partial charge in [-0.1, -0.05) is 49.0 Å². The zero-order valence-electron chi connectivity index (χ0n) is 15.4. The Morgan fingerprint density at radius 1 is 1.11 bits per heavy atom. The fourth-order valence-electron chi connectivity index (χ4n) is 2.38. The average molecular weight is 408 g/mol. The number of nitrogens with one attached hydrogen (secondary N) is 1. The fraction of sp³-hybridized carbons (Fsp3) is 0.286. The zero-order valence-corrected chi connectivity index (χ0v) is 16.9. The van der Waals surface area contributed by atoms with Crippen LogP contribution in [0.2, 0.25) is 10.0 Å². The predicted octanol–water partition coefficient (Wildman–Crippen LogP) is 6.22. The summed E-state index contributed by atoms with van der Waals surface area (Å²) in [7, 11) is 1.59. The van der Waals surface area contributed by atoms with E-state index >= 15 is 0 Å². The summed E-state index contributed by atoms with van der Waals surface area (Å²) in [5, 5.41) is 3.61. The lowest BCUT2D eigenvalue weighted by Crippen LogP contribution is -2.08. The summed E-state index contributed by atoms with van der Waals surface area (Å²) in [6, 6.07) is 10.4. The van der Waals surface area contributed by atoms with Crippen LogP contribution in [0.1, 0.15) is 31.7 Å². The topological polar surface area (TPSA) is 47.6 Å². The number of rotatable bonds is 9. The molecule has 0 aliphatic heterocycles. The predicted molar refractivity (Wildman–Crippen MR) is 112 cm³/mol. The van der Waals surface area contributed by atoms with Crippen LogP contribution in [0.25, 0.3) is 6.08 Å². The van der Waals surface area contributed by atoms with E-state index in [1.54, 1.807) is 31.4 Å². The lowest BCUT2D eigenvalue weighted by Gasteiger charge is -2.11. The fourth-order valence-corrected chi connectivity index (χ4v) is 2.83. The van der Waals surface area contributed by atoms with Crippen molar-refractivity contribution < 1.29 is 14.3 Å². The van der Waals surface area contributed by atoms with E-state index in [4.69, 9.17) is 32.7 Å². The molecule has 0 aliphatic rings. The highest BCUT2D eigenvalue weighted by molar-refractivity contribution is 6.36. The van der Waals surface area contributed by atoms with Gasteiger partial charge in [0.1, 0.15) is 0 Å². The highest BCUT2D eigenvalue weighted by atomic mass is 35.5. The van der Waals surface area contributed by atoms with Crippen molar-refractivity contribution in [2.45, 2.75) is 26.2 Å². The lowest BCUT2D eigenvalue weighted by atomic mass is 10.2. The van der Waals surface area contributed by atoms with E-state index in [1.165, 1.54) is 6.08 Å². The number of anilines is 1. The molecule has 0 fully saturated rings. The quantitative estimate of drug-likeness (QED) is 0.396. The molecule has 2 aromatic rings. The number of carbonyl (C=O) groups is 1. The number of benzene rings is 2. The SMILES string of the molecule is CCCCCOc1ccc(/C=C/C(=O)Nc2ccc(Cl)cc2Cl)cc1OC. The Bertz CT molecular complexity index is 806. The Labute approximate surface area is 170 Å². The summed E-state index contributed by atoms with van der Waals surface area (Å²) in [5.41, 5.74) is 1.33. The number of unbranched alkanes of at least 4 members (excludes halogenated alkanes) is 2. The molecule has 0 bridgehead atoms. The molecule has 0 heterocycles. The van der Waals surface area contributed by atoms with E-state index in [1.807, 2.05) is 18.2 Å². The van der Waals surface area contributed by atoms with E-state index in [0.29, 0.717) is 33.8 Å². The number of halogens is 2. The standard InChI is InChI=1S/C21H23Cl2NO3/c1-3-4-5-12-27-19-10-6-15(13-20(19)26-2)7-11-21(25)24-18-9-8-16(22)14-17(18)23/h6-11,13-14H,3-5,12H2,1-2H3,(H,24,25)/b11-7+. The van der Waals surface area contributed by atoms with Gasteiger partial charge in [0.05, 0.1) is 24.4 Å². The number of methoxy groups -OCH3 is 1. The molecule has 144 valence electrons. The molecule has 2 aromatic carbocycles. The molecule has 0 spiro atoms. The van der Waals surface area contributed by atoms with E-state index in [2.05, 4.69) is 12.2 Å². The molecule has 1 amide bonds. The van der Waals surface area contributed by atoms with Gasteiger partial charge < -0.3 is 14.8 Å². The van der Waals surface area contributed by atoms with E-state index in [9.17, 15) is 4.79 Å². The molecule has 27 heavy (non-hydrogen) atoms. The molecule has 0 atom stereocenters. The van der Waals surface area contributed by atoms with Gasteiger partial charge in [-0.3, -0.25) is 4.79 Å². The van der Waals surface area contributed by atoms with E-state index < -0.39 is 0 Å². The summed E-state index contributed by atoms with van der Waals surface area (Å²) >= 11 is 11.9. The first-order valence-corrected chi connectivity index (χ1v) is 9.54.